The molecule has 0 saturated carbocycles. The van der Waals surface area contributed by atoms with Gasteiger partial charge in [0.1, 0.15) is 17.1 Å². The summed E-state index contributed by atoms with van der Waals surface area (Å²) < 4.78 is 51.5. The number of rotatable bonds is 5. The number of carbonyl (C=O) groups is 1. The van der Waals surface area contributed by atoms with Crippen LogP contribution in [0.1, 0.15) is 21.5 Å². The second kappa shape index (κ2) is 6.77. The Labute approximate surface area is 134 Å². The molecule has 3 N–H and O–H groups in total. The average Bonchev–Trinajstić information content (AvgIpc) is 2.49. The highest BCUT2D eigenvalue weighted by Gasteiger charge is 2.30. The Kier molecular flexibility index (Phi) is 4.96. The molecule has 0 unspecified atom stereocenters. The maximum absolute atomic E-state index is 13.6. The van der Waals surface area contributed by atoms with Gasteiger partial charge in [0.25, 0.3) is 0 Å². The third-order valence-electron chi connectivity index (χ3n) is 3.32. The van der Waals surface area contributed by atoms with Crippen LogP contribution in [0, 0.1) is 5.82 Å². The summed E-state index contributed by atoms with van der Waals surface area (Å²) in [5.41, 5.74) is -1.01. The number of hydrogen-bond donors (Lipinski definition) is 3. The predicted octanol–water partition coefficient (Wildman–Crippen LogP) is 3.90. The number of hydrogen-bond acceptors (Lipinski definition) is 3. The van der Waals surface area contributed by atoms with Gasteiger partial charge in [-0.1, -0.05) is 0 Å². The zero-order chi connectivity index (χ0) is 17.9. The summed E-state index contributed by atoms with van der Waals surface area (Å²) in [6.07, 6.45) is -4.58. The molecule has 2 aromatic rings. The molecule has 0 amide bonds. The zero-order valence-corrected chi connectivity index (χ0v) is 12.2. The first kappa shape index (κ1) is 17.6. The minimum absolute atomic E-state index is 0.0287. The van der Waals surface area contributed by atoms with E-state index in [2.05, 4.69) is 5.32 Å². The van der Waals surface area contributed by atoms with Crippen molar-refractivity contribution in [1.82, 2.24) is 0 Å². The van der Waals surface area contributed by atoms with Crippen molar-refractivity contribution in [1.29, 1.82) is 0 Å². The van der Waals surface area contributed by atoms with Crippen molar-refractivity contribution in [2.24, 2.45) is 0 Å². The summed E-state index contributed by atoms with van der Waals surface area (Å²) in [5, 5.41) is 21.1. The lowest BCUT2D eigenvalue weighted by molar-refractivity contribution is -0.137. The van der Waals surface area contributed by atoms with E-state index in [1.807, 2.05) is 0 Å². The van der Waals surface area contributed by atoms with Gasteiger partial charge >= 0.3 is 12.1 Å². The van der Waals surface area contributed by atoms with Crippen LogP contribution in [0.4, 0.5) is 23.2 Å². The van der Waals surface area contributed by atoms with Crippen molar-refractivity contribution in [3.05, 3.63) is 58.9 Å². The number of nitrogens with one attached hydrogen (secondary N) is 1. The van der Waals surface area contributed by atoms with Crippen molar-refractivity contribution in [3.63, 3.8) is 0 Å². The summed E-state index contributed by atoms with van der Waals surface area (Å²) in [6, 6.07) is 5.95. The molecule has 0 aliphatic rings. The van der Waals surface area contributed by atoms with Gasteiger partial charge in [-0.05, 0) is 48.4 Å². The molecule has 2 aromatic carbocycles. The van der Waals surface area contributed by atoms with Gasteiger partial charge in [-0.2, -0.15) is 13.2 Å². The molecule has 0 fully saturated rings. The third-order valence-corrected chi connectivity index (χ3v) is 3.32. The zero-order valence-electron chi connectivity index (χ0n) is 12.2. The molecule has 24 heavy (non-hydrogen) atoms. The van der Waals surface area contributed by atoms with Crippen molar-refractivity contribution in [2.45, 2.75) is 12.6 Å². The van der Waals surface area contributed by atoms with Crippen LogP contribution in [0.25, 0.3) is 0 Å². The fourth-order valence-corrected chi connectivity index (χ4v) is 2.10. The van der Waals surface area contributed by atoms with Crippen LogP contribution in [0.3, 0.4) is 0 Å². The summed E-state index contributed by atoms with van der Waals surface area (Å²) in [5.74, 6) is -2.47. The molecule has 0 atom stereocenters. The van der Waals surface area contributed by atoms with E-state index in [0.29, 0.717) is 11.8 Å². The van der Waals surface area contributed by atoms with Gasteiger partial charge in [-0.25, -0.2) is 9.18 Å². The number of carboxylic acid groups (broad SMARTS) is 1. The molecular weight excluding hydrogens is 330 g/mol. The van der Waals surface area contributed by atoms with E-state index in [9.17, 15) is 27.5 Å². The molecule has 0 saturated heterocycles. The highest BCUT2D eigenvalue weighted by Crippen LogP contribution is 2.30. The highest BCUT2D eigenvalue weighted by atomic mass is 19.4. The highest BCUT2D eigenvalue weighted by molar-refractivity contribution is 5.91. The topological polar surface area (TPSA) is 69.6 Å². The van der Waals surface area contributed by atoms with Crippen molar-refractivity contribution >= 4 is 11.7 Å². The lowest BCUT2D eigenvalue weighted by atomic mass is 10.1. The predicted molar refractivity (Wildman–Crippen MR) is 78.7 cm³/mol. The SMILES string of the molecule is O=C(O)c1cc(NCCc2cc(C(F)(F)F)ccc2F)ccc1O. The first-order valence-corrected chi connectivity index (χ1v) is 6.84. The van der Waals surface area contributed by atoms with E-state index in [1.165, 1.54) is 18.2 Å². The Bertz CT molecular complexity index is 759. The smallest absolute Gasteiger partial charge is 0.416 e. The normalized spacial score (nSPS) is 11.3. The van der Waals surface area contributed by atoms with Gasteiger partial charge in [0.15, 0.2) is 0 Å². The number of carboxylic acids is 1. The maximum atomic E-state index is 13.6. The molecule has 0 aliphatic heterocycles. The van der Waals surface area contributed by atoms with E-state index in [-0.39, 0.29) is 24.1 Å². The fraction of sp³-hybridized carbons (Fsp3) is 0.188. The first-order valence-electron chi connectivity index (χ1n) is 6.84. The molecule has 128 valence electrons. The molecule has 0 aliphatic carbocycles. The van der Waals surface area contributed by atoms with Crippen molar-refractivity contribution < 1.29 is 32.6 Å². The Balaban J connectivity index is 2.07. The molecule has 0 radical (unpaired) electrons. The van der Waals surface area contributed by atoms with Crippen LogP contribution >= 0.6 is 0 Å². The number of benzene rings is 2. The monoisotopic (exact) mass is 343 g/mol. The lowest BCUT2D eigenvalue weighted by Gasteiger charge is -2.11. The number of phenols is 1. The van der Waals surface area contributed by atoms with Gasteiger partial charge in [0.2, 0.25) is 0 Å². The van der Waals surface area contributed by atoms with Crippen LogP contribution in [0.2, 0.25) is 0 Å². The van der Waals surface area contributed by atoms with E-state index in [4.69, 9.17) is 5.11 Å². The third kappa shape index (κ3) is 4.15. The molecule has 8 heteroatoms. The summed E-state index contributed by atoms with van der Waals surface area (Å²) in [4.78, 5) is 10.9. The maximum Gasteiger partial charge on any atom is 0.416 e. The standard InChI is InChI=1S/C16H13F4NO3/c17-13-3-1-10(16(18,19)20)7-9(13)5-6-21-11-2-4-14(22)12(8-11)15(23)24/h1-4,7-8,21-22H,5-6H2,(H,23,24). The van der Waals surface area contributed by atoms with E-state index in [1.54, 1.807) is 0 Å². The number of halogens is 4. The minimum Gasteiger partial charge on any atom is -0.507 e. The van der Waals surface area contributed by atoms with Crippen LogP contribution in [-0.4, -0.2) is 22.7 Å². The number of anilines is 1. The van der Waals surface area contributed by atoms with E-state index < -0.39 is 29.3 Å². The molecule has 0 heterocycles. The summed E-state index contributed by atoms with van der Waals surface area (Å²) in [7, 11) is 0. The van der Waals surface area contributed by atoms with Gasteiger partial charge in [-0.3, -0.25) is 0 Å². The quantitative estimate of drug-likeness (QED) is 0.569. The van der Waals surface area contributed by atoms with Crippen molar-refractivity contribution in [3.8, 4) is 5.75 Å². The molecular formula is C16H13F4NO3. The Hall–Kier alpha value is -2.77. The number of aromatic carboxylic acids is 1. The average molecular weight is 343 g/mol. The number of alkyl halides is 3. The van der Waals surface area contributed by atoms with Gasteiger partial charge in [0, 0.05) is 12.2 Å². The lowest BCUT2D eigenvalue weighted by Crippen LogP contribution is -2.10. The second-order valence-electron chi connectivity index (χ2n) is 5.02. The van der Waals surface area contributed by atoms with E-state index >= 15 is 0 Å². The van der Waals surface area contributed by atoms with Crippen LogP contribution < -0.4 is 5.32 Å². The van der Waals surface area contributed by atoms with Gasteiger partial charge in [-0.15, -0.1) is 0 Å². The molecule has 0 spiro atoms. The van der Waals surface area contributed by atoms with Gasteiger partial charge < -0.3 is 15.5 Å². The van der Waals surface area contributed by atoms with E-state index in [0.717, 1.165) is 12.1 Å². The number of aromatic hydroxyl groups is 1. The summed E-state index contributed by atoms with van der Waals surface area (Å²) >= 11 is 0. The first-order chi connectivity index (χ1) is 11.2. The van der Waals surface area contributed by atoms with Crippen molar-refractivity contribution in [2.75, 3.05) is 11.9 Å². The minimum atomic E-state index is -4.55. The van der Waals surface area contributed by atoms with Crippen LogP contribution in [0.5, 0.6) is 5.75 Å². The largest absolute Gasteiger partial charge is 0.507 e. The fourth-order valence-electron chi connectivity index (χ4n) is 2.10. The molecule has 0 aromatic heterocycles. The molecule has 4 nitrogen and oxygen atoms in total. The molecule has 2 rings (SSSR count). The Morgan fingerprint density at radius 3 is 2.46 bits per heavy atom. The van der Waals surface area contributed by atoms with Crippen LogP contribution in [-0.2, 0) is 12.6 Å². The summed E-state index contributed by atoms with van der Waals surface area (Å²) in [6.45, 7) is 0.0854. The second-order valence-corrected chi connectivity index (χ2v) is 5.02. The van der Waals surface area contributed by atoms with Crippen LogP contribution in [0.15, 0.2) is 36.4 Å². The van der Waals surface area contributed by atoms with Gasteiger partial charge in [0.05, 0.1) is 5.56 Å². The molecule has 0 bridgehead atoms. The Morgan fingerprint density at radius 1 is 1.12 bits per heavy atom. The Morgan fingerprint density at radius 2 is 1.83 bits per heavy atom.